The van der Waals surface area contributed by atoms with Crippen molar-refractivity contribution in [3.8, 4) is 0 Å². The van der Waals surface area contributed by atoms with Crippen molar-refractivity contribution in [3.05, 3.63) is 195 Å². The Morgan fingerprint density at radius 2 is 1.51 bits per heavy atom. The van der Waals surface area contributed by atoms with E-state index in [9.17, 15) is 0 Å². The van der Waals surface area contributed by atoms with Crippen molar-refractivity contribution in [2.75, 3.05) is 0 Å². The minimum atomic E-state index is 0.121. The summed E-state index contributed by atoms with van der Waals surface area (Å²) < 4.78 is 7.13. The molecule has 0 saturated carbocycles. The molecule has 7 aliphatic carbocycles. The number of rotatable bonds is 5. The Morgan fingerprint density at radius 3 is 2.37 bits per heavy atom. The number of ether oxygens (including phenoxy) is 1. The van der Waals surface area contributed by atoms with Crippen molar-refractivity contribution in [3.63, 3.8) is 0 Å². The van der Waals surface area contributed by atoms with Gasteiger partial charge >= 0.3 is 0 Å². The molecule has 252 valence electrons. The van der Waals surface area contributed by atoms with Crippen molar-refractivity contribution in [1.82, 2.24) is 0 Å². The maximum Gasteiger partial charge on any atom is 0.0901 e. The largest absolute Gasteiger partial charge is 0.365 e. The van der Waals surface area contributed by atoms with Crippen LogP contribution >= 0.6 is 0 Å². The van der Waals surface area contributed by atoms with Crippen molar-refractivity contribution in [2.45, 2.75) is 69.5 Å². The first-order valence-corrected chi connectivity index (χ1v) is 19.4. The summed E-state index contributed by atoms with van der Waals surface area (Å²) in [5.41, 5.74) is 14.4. The van der Waals surface area contributed by atoms with Crippen LogP contribution in [0.15, 0.2) is 173 Å². The van der Waals surface area contributed by atoms with Gasteiger partial charge in [-0.05, 0) is 130 Å². The van der Waals surface area contributed by atoms with Gasteiger partial charge in [0.1, 0.15) is 0 Å². The quantitative estimate of drug-likeness (QED) is 0.310. The summed E-state index contributed by atoms with van der Waals surface area (Å²) in [7, 11) is 0. The third-order valence-electron chi connectivity index (χ3n) is 12.7. The molecule has 1 aliphatic heterocycles. The van der Waals surface area contributed by atoms with Crippen LogP contribution in [-0.4, -0.2) is 12.2 Å². The van der Waals surface area contributed by atoms with E-state index < -0.39 is 0 Å². The molecule has 10 rings (SSSR count). The Hall–Kier alpha value is -4.72. The zero-order chi connectivity index (χ0) is 33.7. The standard InChI is InChI=1S/C50H46O/c1-2-11-33(12-3-1)36-14-6-16-38(29-36)40-18-8-19-41(31-40)39-17-7-15-37(30-39)34-25-27-35(28-26-34)44-21-9-24-47-46-23-10-22-45-43-20-5-4-13-42(43)32-48(49(45)46)51-50(44)47/h1-6,9-11,13-14,16-17,19-22,24-25,27,29-33,46-50H,7-8,12,15,18,23,26,28H2. The molecule has 1 nitrogen and oxygen atoms in total. The van der Waals surface area contributed by atoms with Crippen molar-refractivity contribution < 1.29 is 4.74 Å². The predicted molar refractivity (Wildman–Crippen MR) is 212 cm³/mol. The highest BCUT2D eigenvalue weighted by Gasteiger charge is 2.48. The molecule has 1 heteroatoms. The molecule has 0 spiro atoms. The van der Waals surface area contributed by atoms with Gasteiger partial charge in [-0.1, -0.05) is 140 Å². The first-order valence-electron chi connectivity index (χ1n) is 19.4. The van der Waals surface area contributed by atoms with E-state index in [-0.39, 0.29) is 12.2 Å². The Bertz CT molecular complexity index is 2260. The molecule has 6 atom stereocenters. The van der Waals surface area contributed by atoms with Crippen LogP contribution in [0.2, 0.25) is 0 Å². The summed E-state index contributed by atoms with van der Waals surface area (Å²) in [6, 6.07) is 18.2. The molecule has 1 fully saturated rings. The van der Waals surface area contributed by atoms with Gasteiger partial charge in [-0.15, -0.1) is 0 Å². The highest BCUT2D eigenvalue weighted by atomic mass is 16.5. The van der Waals surface area contributed by atoms with Crippen LogP contribution in [0.1, 0.15) is 68.4 Å². The number of fused-ring (bicyclic) bond motifs is 3. The molecule has 0 radical (unpaired) electrons. The van der Waals surface area contributed by atoms with E-state index in [1.54, 1.807) is 0 Å². The van der Waals surface area contributed by atoms with Crippen molar-refractivity contribution >= 4 is 17.2 Å². The molecule has 51 heavy (non-hydrogen) atoms. The molecular formula is C50H46O. The van der Waals surface area contributed by atoms with Gasteiger partial charge in [0.2, 0.25) is 0 Å². The molecular weight excluding hydrogens is 617 g/mol. The van der Waals surface area contributed by atoms with Crippen LogP contribution in [-0.2, 0) is 4.74 Å². The monoisotopic (exact) mass is 662 g/mol. The lowest BCUT2D eigenvalue weighted by molar-refractivity contribution is -0.0731. The van der Waals surface area contributed by atoms with E-state index in [1.165, 1.54) is 66.1 Å². The van der Waals surface area contributed by atoms with Gasteiger partial charge in [0, 0.05) is 17.8 Å². The van der Waals surface area contributed by atoms with E-state index >= 15 is 0 Å². The van der Waals surface area contributed by atoms with E-state index in [2.05, 4.69) is 146 Å². The number of allylic oxidation sites excluding steroid dienone is 19. The highest BCUT2D eigenvalue weighted by Crippen LogP contribution is 2.50. The first-order chi connectivity index (χ1) is 25.3. The van der Waals surface area contributed by atoms with Gasteiger partial charge in [0.05, 0.1) is 12.2 Å². The van der Waals surface area contributed by atoms with E-state index in [0.29, 0.717) is 23.7 Å². The van der Waals surface area contributed by atoms with E-state index in [1.807, 2.05) is 0 Å². The van der Waals surface area contributed by atoms with Gasteiger partial charge in [-0.25, -0.2) is 0 Å². The zero-order valence-corrected chi connectivity index (χ0v) is 29.4. The summed E-state index contributed by atoms with van der Waals surface area (Å²) >= 11 is 0. The van der Waals surface area contributed by atoms with Crippen molar-refractivity contribution in [1.29, 1.82) is 0 Å². The first kappa shape index (κ1) is 31.1. The molecule has 2 aromatic carbocycles. The summed E-state index contributed by atoms with van der Waals surface area (Å²) in [6.07, 6.45) is 47.1. The lowest BCUT2D eigenvalue weighted by Gasteiger charge is -2.50. The summed E-state index contributed by atoms with van der Waals surface area (Å²) in [4.78, 5) is 0. The van der Waals surface area contributed by atoms with Crippen LogP contribution in [0.3, 0.4) is 0 Å². The maximum absolute atomic E-state index is 7.13. The fourth-order valence-corrected chi connectivity index (χ4v) is 10.1. The van der Waals surface area contributed by atoms with Gasteiger partial charge in [-0.3, -0.25) is 0 Å². The second-order valence-electron chi connectivity index (χ2n) is 15.5. The molecule has 1 saturated heterocycles. The van der Waals surface area contributed by atoms with Gasteiger partial charge in [0.25, 0.3) is 0 Å². The molecule has 6 unspecified atom stereocenters. The van der Waals surface area contributed by atoms with Crippen LogP contribution in [0.5, 0.6) is 0 Å². The summed E-state index contributed by atoms with van der Waals surface area (Å²) in [5, 5.41) is 2.72. The SMILES string of the molecule is C1=CCC(c2cccc(C3=CC(C4=CCCC(C5=CC=C(C6=CC=CC7C6OC6C=c8ccccc8=C8C=CCC7C86)CC5)=C4)=CCC3)c2)C=C1. The topological polar surface area (TPSA) is 9.23 Å². The predicted octanol–water partition coefficient (Wildman–Crippen LogP) is 10.4. The van der Waals surface area contributed by atoms with Crippen LogP contribution in [0.4, 0.5) is 0 Å². The summed E-state index contributed by atoms with van der Waals surface area (Å²) in [5.74, 6) is 1.91. The van der Waals surface area contributed by atoms with Gasteiger partial charge < -0.3 is 4.74 Å². The third kappa shape index (κ3) is 5.67. The number of hydrogen-bond donors (Lipinski definition) is 0. The Labute approximate surface area is 302 Å². The minimum absolute atomic E-state index is 0.121. The fraction of sp³-hybridized carbons (Fsp3) is 0.280. The molecule has 0 amide bonds. The van der Waals surface area contributed by atoms with Crippen molar-refractivity contribution in [2.24, 2.45) is 17.8 Å². The van der Waals surface area contributed by atoms with Gasteiger partial charge in [-0.2, -0.15) is 0 Å². The number of hydrogen-bond acceptors (Lipinski definition) is 1. The zero-order valence-electron chi connectivity index (χ0n) is 29.4. The average molecular weight is 663 g/mol. The Kier molecular flexibility index (Phi) is 7.98. The Morgan fingerprint density at radius 1 is 0.667 bits per heavy atom. The molecule has 2 aromatic rings. The van der Waals surface area contributed by atoms with Crippen LogP contribution in [0.25, 0.3) is 17.2 Å². The molecule has 1 heterocycles. The molecule has 8 aliphatic rings. The minimum Gasteiger partial charge on any atom is -0.365 e. The smallest absolute Gasteiger partial charge is 0.0901 e. The second-order valence-corrected chi connectivity index (χ2v) is 15.5. The Balaban J connectivity index is 0.885. The summed E-state index contributed by atoms with van der Waals surface area (Å²) in [6.45, 7) is 0. The second kappa shape index (κ2) is 13.1. The molecule has 0 bridgehead atoms. The van der Waals surface area contributed by atoms with E-state index in [0.717, 1.165) is 51.4 Å². The third-order valence-corrected chi connectivity index (χ3v) is 12.7. The number of benzene rings is 2. The maximum atomic E-state index is 7.13. The fourth-order valence-electron chi connectivity index (χ4n) is 10.1. The van der Waals surface area contributed by atoms with E-state index in [4.69, 9.17) is 4.74 Å². The molecule has 0 aromatic heterocycles. The normalized spacial score (nSPS) is 30.3. The highest BCUT2D eigenvalue weighted by molar-refractivity contribution is 5.73. The average Bonchev–Trinajstić information content (AvgIpc) is 3.21. The lowest BCUT2D eigenvalue weighted by atomic mass is 9.63. The van der Waals surface area contributed by atoms with Gasteiger partial charge in [0.15, 0.2) is 0 Å². The van der Waals surface area contributed by atoms with Crippen LogP contribution in [0, 0.1) is 17.8 Å². The molecule has 0 N–H and O–H groups in total. The lowest BCUT2D eigenvalue weighted by Crippen LogP contribution is -2.53. The van der Waals surface area contributed by atoms with Crippen LogP contribution < -0.4 is 10.4 Å².